The third-order valence-corrected chi connectivity index (χ3v) is 22.2. The van der Waals surface area contributed by atoms with Gasteiger partial charge in [0.05, 0.1) is 289 Å². The number of guanidine groups is 7. The number of nitrogens with zero attached hydrogens (tertiary/aromatic N) is 21. The highest BCUT2D eigenvalue weighted by Crippen LogP contribution is 2.19. The Kier molecular flexibility index (Phi) is 28.8. The van der Waals surface area contributed by atoms with Crippen molar-refractivity contribution in [2.75, 3.05) is 312 Å². The number of hydrogen-bond acceptors (Lipinski definition) is 17. The molecule has 0 aromatic carbocycles. The molecule has 0 aromatic heterocycles. The first kappa shape index (κ1) is 71.4. The second-order valence-corrected chi connectivity index (χ2v) is 30.0. The lowest BCUT2D eigenvalue weighted by atomic mass is 10.1. The molecule has 14 heterocycles. The second kappa shape index (κ2) is 36.3. The summed E-state index contributed by atoms with van der Waals surface area (Å²) in [5.41, 5.74) is 0. The number of thioether (sulfide) groups is 2. The fourth-order valence-electron chi connectivity index (χ4n) is 15.5. The normalized spacial score (nSPS) is 24.5. The van der Waals surface area contributed by atoms with Crippen LogP contribution in [0.25, 0.3) is 0 Å². The molecule has 90 heavy (non-hydrogen) atoms. The number of rotatable bonds is 0. The lowest BCUT2D eigenvalue weighted by Gasteiger charge is -2.32. The zero-order valence-electron chi connectivity index (χ0n) is 59.9. The van der Waals surface area contributed by atoms with E-state index in [-0.39, 0.29) is 0 Å². The number of ether oxygens (including phenoxy) is 1. The zero-order chi connectivity index (χ0) is 64.1. The molecule has 0 unspecified atom stereocenters. The van der Waals surface area contributed by atoms with Crippen molar-refractivity contribution < 1.29 is 36.8 Å². The average molecular weight is 1300 g/mol. The van der Waals surface area contributed by atoms with Crippen molar-refractivity contribution in [3.63, 3.8) is 0 Å². The van der Waals surface area contributed by atoms with E-state index in [2.05, 4.69) is 211 Å². The minimum Gasteiger partial charge on any atom is -0.375 e. The molecular formula is C66H132N21OS2+7. The predicted octanol–water partition coefficient (Wildman–Crippen LogP) is 0.842. The van der Waals surface area contributed by atoms with Crippen molar-refractivity contribution in [3.8, 4) is 0 Å². The summed E-state index contributed by atoms with van der Waals surface area (Å²) in [6, 6.07) is 0. The van der Waals surface area contributed by atoms with Crippen LogP contribution in [0.1, 0.15) is 77.0 Å². The lowest BCUT2D eigenvalue weighted by molar-refractivity contribution is -0.514. The van der Waals surface area contributed by atoms with Gasteiger partial charge in [-0.25, -0.2) is 0 Å². The van der Waals surface area contributed by atoms with Crippen LogP contribution in [0.4, 0.5) is 0 Å². The maximum Gasteiger partial charge on any atom is 0.350 e. The van der Waals surface area contributed by atoms with Crippen LogP contribution in [0, 0.1) is 0 Å². The zero-order valence-corrected chi connectivity index (χ0v) is 61.6. The van der Waals surface area contributed by atoms with Crippen molar-refractivity contribution in [1.82, 2.24) is 68.6 Å². The molecule has 14 aliphatic rings. The Labute approximate surface area is 556 Å². The monoisotopic (exact) mass is 1300 g/mol. The molecule has 22 nitrogen and oxygen atoms in total. The maximum absolute atomic E-state index is 5.34. The van der Waals surface area contributed by atoms with E-state index in [0.29, 0.717) is 0 Å². The largest absolute Gasteiger partial charge is 0.375 e. The molecule has 0 spiro atoms. The Hall–Kier alpha value is -4.45. The number of morpholine rings is 1. The summed E-state index contributed by atoms with van der Waals surface area (Å²) in [7, 11) is 30.7. The van der Waals surface area contributed by atoms with Gasteiger partial charge in [-0.15, -0.1) is 11.8 Å². The molecule has 0 saturated carbocycles. The molecule has 0 N–H and O–H groups in total. The van der Waals surface area contributed by atoms with Gasteiger partial charge in [0.25, 0.3) is 0 Å². The van der Waals surface area contributed by atoms with Gasteiger partial charge in [0.15, 0.2) is 0 Å². The van der Waals surface area contributed by atoms with Crippen LogP contribution in [-0.4, -0.2) is 454 Å². The van der Waals surface area contributed by atoms with E-state index in [9.17, 15) is 0 Å². The van der Waals surface area contributed by atoms with Gasteiger partial charge < -0.3 is 4.74 Å². The van der Waals surface area contributed by atoms with Crippen LogP contribution in [0.3, 0.4) is 0 Å². The Bertz CT molecular complexity index is 2300. The number of likely N-dealkylation sites (N-methyl/N-ethyl adjacent to an activating group) is 10. The van der Waals surface area contributed by atoms with Gasteiger partial charge in [0, 0.05) is 30.1 Å². The molecule has 0 bridgehead atoms. The van der Waals surface area contributed by atoms with Gasteiger partial charge in [-0.2, -0.15) is 11.8 Å². The second-order valence-electron chi connectivity index (χ2n) is 27.7. The highest BCUT2D eigenvalue weighted by Gasteiger charge is 2.37. The SMILES string of the molecule is CN1CCC[N+](C)=C1N1CCCC1.CN1CCC[N+](C)=C1N1CCCCC1.CN1CC[N+](C)=C1N1CCCC1.CN1CC[N+](C)=C1N1CCCCC1.CN1CC[N+](C)=C1N1CCOCC1.CN1CC[N+](C)=C1N1CCSC1.CN1CC[N+](C)=C1N1CCSCC1. The molecule has 24 heteroatoms. The van der Waals surface area contributed by atoms with Gasteiger partial charge in [-0.3, -0.25) is 101 Å². The third kappa shape index (κ3) is 19.8. The van der Waals surface area contributed by atoms with Gasteiger partial charge in [0.2, 0.25) is 0 Å². The fraction of sp³-hybridized carbons (Fsp3) is 0.894. The van der Waals surface area contributed by atoms with Crippen molar-refractivity contribution in [2.45, 2.75) is 77.0 Å². The smallest absolute Gasteiger partial charge is 0.350 e. The molecule has 14 rings (SSSR count). The molecule has 7 fully saturated rings. The third-order valence-electron chi connectivity index (χ3n) is 20.3. The van der Waals surface area contributed by atoms with Gasteiger partial charge in [-0.05, 0) is 64.2 Å². The minimum absolute atomic E-state index is 0.866. The predicted molar refractivity (Wildman–Crippen MR) is 378 cm³/mol. The highest BCUT2D eigenvalue weighted by molar-refractivity contribution is 7.99. The molecule has 14 aliphatic heterocycles. The Morgan fingerprint density at radius 2 is 0.467 bits per heavy atom. The first-order valence-corrected chi connectivity index (χ1v) is 37.9. The van der Waals surface area contributed by atoms with Crippen LogP contribution >= 0.6 is 23.5 Å². The first-order chi connectivity index (χ1) is 43.5. The van der Waals surface area contributed by atoms with E-state index in [4.69, 9.17) is 4.74 Å². The summed E-state index contributed by atoms with van der Waals surface area (Å²) < 4.78 is 21.9. The highest BCUT2D eigenvalue weighted by atomic mass is 32.2. The standard InChI is InChI=1S/C11H22N3.2C10H20N3.C9H18N3O.C9H18N3S.C9H18N3.C8H16N3S/c1-12-7-6-8-13(2)11(12)14-9-4-3-5-10-14;1-11-6-5-7-12(2)10(11)13-8-3-4-9-13;1-11-8-9-12(2)10(11)13-6-4-3-5-7-13;2*1-10-3-4-11(2)9(10)12-5-7-13-8-6-12;1-10-7-8-11(2)9(10)12-5-3-4-6-12;1-9-3-4-10(2)8(9)11-5-6-12-7-11/h3-10H2,1-2H3;2*3-9H2,1-2H3;2*3-8H2,1-2H3;3-8H2,1-2H3;3-7H2,1-2H3/q7*+1. The molecule has 0 aromatic rings. The van der Waals surface area contributed by atoms with Gasteiger partial charge in [-0.1, -0.05) is 0 Å². The van der Waals surface area contributed by atoms with E-state index in [1.807, 2.05) is 11.8 Å². The summed E-state index contributed by atoms with van der Waals surface area (Å²) >= 11 is 4.09. The minimum atomic E-state index is 0.866. The topological polar surface area (TPSA) is 75.7 Å². The Morgan fingerprint density at radius 3 is 0.733 bits per heavy atom. The molecule has 0 atom stereocenters. The number of piperidine rings is 2. The van der Waals surface area contributed by atoms with Crippen LogP contribution in [0.2, 0.25) is 0 Å². The summed E-state index contributed by atoms with van der Waals surface area (Å²) in [6.45, 7) is 34.1. The molecule has 0 radical (unpaired) electrons. The molecular weight excluding hydrogens is 1170 g/mol. The maximum atomic E-state index is 5.34. The van der Waals surface area contributed by atoms with Crippen molar-refractivity contribution >= 4 is 65.2 Å². The van der Waals surface area contributed by atoms with E-state index in [1.54, 1.807) is 0 Å². The summed E-state index contributed by atoms with van der Waals surface area (Å²) in [5.74, 6) is 15.0. The number of hydrogen-bond donors (Lipinski definition) is 0. The summed E-state index contributed by atoms with van der Waals surface area (Å²) in [5, 5.41) is 0. The average Bonchev–Trinajstić information content (AvgIpc) is 4.02. The first-order valence-electron chi connectivity index (χ1n) is 35.5. The van der Waals surface area contributed by atoms with Gasteiger partial charge in [0.1, 0.15) is 5.88 Å². The summed E-state index contributed by atoms with van der Waals surface area (Å²) in [4.78, 5) is 34.1. The fourth-order valence-corrected chi connectivity index (χ4v) is 17.4. The van der Waals surface area contributed by atoms with E-state index >= 15 is 0 Å². The van der Waals surface area contributed by atoms with Crippen LogP contribution in [0.5, 0.6) is 0 Å². The quantitative estimate of drug-likeness (QED) is 0.322. The molecule has 0 amide bonds. The Morgan fingerprint density at radius 1 is 0.233 bits per heavy atom. The van der Waals surface area contributed by atoms with Gasteiger partial charge >= 0.3 is 41.7 Å². The van der Waals surface area contributed by atoms with Crippen molar-refractivity contribution in [1.29, 1.82) is 0 Å². The lowest BCUT2D eigenvalue weighted by Crippen LogP contribution is -2.52. The molecule has 7 saturated heterocycles. The van der Waals surface area contributed by atoms with E-state index in [1.165, 1.54) is 292 Å². The summed E-state index contributed by atoms with van der Waals surface area (Å²) in [6.07, 6.45) is 16.3. The van der Waals surface area contributed by atoms with Crippen LogP contribution in [-0.2, 0) is 4.74 Å². The van der Waals surface area contributed by atoms with E-state index in [0.717, 1.165) is 39.4 Å². The number of likely N-dealkylation sites (tertiary alicyclic amines) is 4. The van der Waals surface area contributed by atoms with Crippen molar-refractivity contribution in [3.05, 3.63) is 0 Å². The Balaban J connectivity index is 0.000000136. The van der Waals surface area contributed by atoms with Crippen molar-refractivity contribution in [2.24, 2.45) is 0 Å². The van der Waals surface area contributed by atoms with Crippen LogP contribution < -0.4 is 0 Å². The molecule has 0 aliphatic carbocycles. The van der Waals surface area contributed by atoms with Crippen LogP contribution in [0.15, 0.2) is 0 Å². The molecule has 512 valence electrons. The van der Waals surface area contributed by atoms with E-state index < -0.39 is 0 Å².